The van der Waals surface area contributed by atoms with Gasteiger partial charge in [0.2, 0.25) is 0 Å². The van der Waals surface area contributed by atoms with Crippen LogP contribution in [0.25, 0.3) is 0 Å². The average Bonchev–Trinajstić information content (AvgIpc) is 2.73. The zero-order chi connectivity index (χ0) is 11.8. The van der Waals surface area contributed by atoms with Gasteiger partial charge >= 0.3 is 0 Å². The third-order valence-corrected chi connectivity index (χ3v) is 3.72. The van der Waals surface area contributed by atoms with E-state index in [9.17, 15) is 0 Å². The third kappa shape index (κ3) is 2.08. The molecule has 0 saturated carbocycles. The highest BCUT2D eigenvalue weighted by Crippen LogP contribution is 2.38. The molecule has 0 fully saturated rings. The van der Waals surface area contributed by atoms with Crippen LogP contribution in [0, 0.1) is 5.92 Å². The Bertz CT molecular complexity index is 543. The first-order valence-corrected chi connectivity index (χ1v) is 6.40. The Kier molecular flexibility index (Phi) is 2.85. The Labute approximate surface area is 111 Å². The molecule has 0 nitrogen and oxygen atoms in total. The molecular weight excluding hydrogens is 251 g/mol. The van der Waals surface area contributed by atoms with E-state index in [1.807, 2.05) is 18.2 Å². The standard InChI is InChI=1S/C15H11Cl2/c16-12-4-1-10(2-5-12)14-7-3-11-9-13(17)6-8-15(11)14/h1-2,4-6,8-9H,3,7H2. The maximum Gasteiger partial charge on any atom is 0.0408 e. The fraction of sp³-hybridized carbons (Fsp3) is 0.133. The highest BCUT2D eigenvalue weighted by atomic mass is 35.5. The first-order valence-electron chi connectivity index (χ1n) is 5.64. The fourth-order valence-corrected chi connectivity index (χ4v) is 2.73. The molecule has 0 aromatic heterocycles. The van der Waals surface area contributed by atoms with Crippen molar-refractivity contribution in [1.82, 2.24) is 0 Å². The van der Waals surface area contributed by atoms with Gasteiger partial charge in [0.1, 0.15) is 0 Å². The second kappa shape index (κ2) is 4.36. The smallest absolute Gasteiger partial charge is 0.0408 e. The summed E-state index contributed by atoms with van der Waals surface area (Å²) in [6.45, 7) is 0. The minimum absolute atomic E-state index is 0.781. The largest absolute Gasteiger partial charge is 0.0843 e. The van der Waals surface area contributed by atoms with Gasteiger partial charge in [-0.1, -0.05) is 41.4 Å². The van der Waals surface area contributed by atoms with Gasteiger partial charge < -0.3 is 0 Å². The molecule has 0 unspecified atom stereocenters. The van der Waals surface area contributed by atoms with E-state index in [-0.39, 0.29) is 0 Å². The summed E-state index contributed by atoms with van der Waals surface area (Å²) in [6.07, 6.45) is 2.16. The lowest BCUT2D eigenvalue weighted by atomic mass is 9.93. The van der Waals surface area contributed by atoms with Crippen molar-refractivity contribution in [2.45, 2.75) is 12.8 Å². The van der Waals surface area contributed by atoms with Gasteiger partial charge in [-0.15, -0.1) is 0 Å². The van der Waals surface area contributed by atoms with Crippen molar-refractivity contribution in [3.05, 3.63) is 75.1 Å². The molecule has 2 aromatic rings. The number of rotatable bonds is 1. The highest BCUT2D eigenvalue weighted by molar-refractivity contribution is 6.30. The lowest BCUT2D eigenvalue weighted by Crippen LogP contribution is -1.96. The second-order valence-electron chi connectivity index (χ2n) is 4.29. The van der Waals surface area contributed by atoms with Crippen LogP contribution in [-0.4, -0.2) is 0 Å². The number of fused-ring (bicyclic) bond motifs is 1. The quantitative estimate of drug-likeness (QED) is 0.684. The summed E-state index contributed by atoms with van der Waals surface area (Å²) in [5, 5.41) is 1.60. The minimum atomic E-state index is 0.781. The van der Waals surface area contributed by atoms with Crippen molar-refractivity contribution in [2.75, 3.05) is 0 Å². The molecule has 17 heavy (non-hydrogen) atoms. The van der Waals surface area contributed by atoms with Gasteiger partial charge in [0.15, 0.2) is 0 Å². The van der Waals surface area contributed by atoms with Crippen molar-refractivity contribution < 1.29 is 0 Å². The summed E-state index contributed by atoms with van der Waals surface area (Å²) in [6, 6.07) is 14.2. The topological polar surface area (TPSA) is 0 Å². The number of benzene rings is 2. The summed E-state index contributed by atoms with van der Waals surface area (Å²) in [5.74, 6) is 1.40. The molecular formula is C15H11Cl2. The molecule has 1 aliphatic carbocycles. The van der Waals surface area contributed by atoms with E-state index < -0.39 is 0 Å². The van der Waals surface area contributed by atoms with Crippen molar-refractivity contribution in [3.8, 4) is 0 Å². The predicted octanol–water partition coefficient (Wildman–Crippen LogP) is 4.91. The van der Waals surface area contributed by atoms with Gasteiger partial charge in [-0.25, -0.2) is 0 Å². The van der Waals surface area contributed by atoms with Crippen LogP contribution in [0.2, 0.25) is 10.0 Å². The molecule has 1 aliphatic rings. The second-order valence-corrected chi connectivity index (χ2v) is 5.16. The van der Waals surface area contributed by atoms with E-state index in [4.69, 9.17) is 23.2 Å². The van der Waals surface area contributed by atoms with Crippen molar-refractivity contribution in [3.63, 3.8) is 0 Å². The van der Waals surface area contributed by atoms with E-state index in [2.05, 4.69) is 24.3 Å². The molecule has 0 aliphatic heterocycles. The Morgan fingerprint density at radius 3 is 2.24 bits per heavy atom. The Morgan fingerprint density at radius 2 is 1.47 bits per heavy atom. The summed E-state index contributed by atoms with van der Waals surface area (Å²) in [4.78, 5) is 0. The van der Waals surface area contributed by atoms with Crippen LogP contribution in [0.3, 0.4) is 0 Å². The predicted molar refractivity (Wildman–Crippen MR) is 72.7 cm³/mol. The Morgan fingerprint density at radius 1 is 0.765 bits per heavy atom. The van der Waals surface area contributed by atoms with Crippen molar-refractivity contribution in [1.29, 1.82) is 0 Å². The van der Waals surface area contributed by atoms with Crippen LogP contribution in [0.15, 0.2) is 42.5 Å². The molecule has 0 N–H and O–H groups in total. The Hall–Kier alpha value is -0.980. The van der Waals surface area contributed by atoms with Gasteiger partial charge in [-0.05, 0) is 53.8 Å². The van der Waals surface area contributed by atoms with Crippen LogP contribution in [-0.2, 0) is 6.42 Å². The van der Waals surface area contributed by atoms with E-state index in [1.165, 1.54) is 22.6 Å². The maximum absolute atomic E-state index is 6.01. The van der Waals surface area contributed by atoms with Crippen LogP contribution in [0.4, 0.5) is 0 Å². The van der Waals surface area contributed by atoms with Crippen molar-refractivity contribution in [2.24, 2.45) is 0 Å². The summed E-state index contributed by atoms with van der Waals surface area (Å²) < 4.78 is 0. The van der Waals surface area contributed by atoms with E-state index >= 15 is 0 Å². The zero-order valence-electron chi connectivity index (χ0n) is 9.21. The highest BCUT2D eigenvalue weighted by Gasteiger charge is 2.24. The van der Waals surface area contributed by atoms with Gasteiger partial charge in [0.25, 0.3) is 0 Å². The van der Waals surface area contributed by atoms with Crippen LogP contribution < -0.4 is 0 Å². The number of aryl methyl sites for hydroxylation is 1. The van der Waals surface area contributed by atoms with E-state index in [0.29, 0.717) is 0 Å². The zero-order valence-corrected chi connectivity index (χ0v) is 10.7. The van der Waals surface area contributed by atoms with E-state index in [1.54, 1.807) is 0 Å². The van der Waals surface area contributed by atoms with Crippen molar-refractivity contribution >= 4 is 23.2 Å². The summed E-state index contributed by atoms with van der Waals surface area (Å²) in [7, 11) is 0. The first kappa shape index (κ1) is 11.1. The molecule has 0 amide bonds. The van der Waals surface area contributed by atoms with Gasteiger partial charge in [-0.3, -0.25) is 0 Å². The SMILES string of the molecule is Clc1ccc([C]2CCc3cc(Cl)ccc32)cc1. The molecule has 1 radical (unpaired) electrons. The number of hydrogen-bond donors (Lipinski definition) is 0. The van der Waals surface area contributed by atoms with Gasteiger partial charge in [0.05, 0.1) is 0 Å². The monoisotopic (exact) mass is 261 g/mol. The summed E-state index contributed by atoms with van der Waals surface area (Å²) in [5.41, 5.74) is 3.94. The lowest BCUT2D eigenvalue weighted by molar-refractivity contribution is 0.963. The molecule has 0 atom stereocenters. The number of halogens is 2. The molecule has 0 spiro atoms. The average molecular weight is 262 g/mol. The Balaban J connectivity index is 2.01. The molecule has 0 bridgehead atoms. The minimum Gasteiger partial charge on any atom is -0.0843 e. The summed E-state index contributed by atoms with van der Waals surface area (Å²) >= 11 is 11.9. The van der Waals surface area contributed by atoms with Gasteiger partial charge in [-0.2, -0.15) is 0 Å². The molecule has 0 heterocycles. The molecule has 2 heteroatoms. The fourth-order valence-electron chi connectivity index (χ4n) is 2.41. The molecule has 3 rings (SSSR count). The molecule has 85 valence electrons. The van der Waals surface area contributed by atoms with Gasteiger partial charge in [0, 0.05) is 16.0 Å². The normalized spacial score (nSPS) is 14.9. The molecule has 2 aromatic carbocycles. The van der Waals surface area contributed by atoms with Crippen LogP contribution >= 0.6 is 23.2 Å². The van der Waals surface area contributed by atoms with Crippen LogP contribution in [0.1, 0.15) is 23.1 Å². The number of hydrogen-bond acceptors (Lipinski definition) is 0. The van der Waals surface area contributed by atoms with E-state index in [0.717, 1.165) is 22.9 Å². The first-order chi connectivity index (χ1) is 8.24. The maximum atomic E-state index is 6.01. The van der Waals surface area contributed by atoms with Crippen LogP contribution in [0.5, 0.6) is 0 Å². The molecule has 0 saturated heterocycles. The third-order valence-electron chi connectivity index (χ3n) is 3.23. The lowest BCUT2D eigenvalue weighted by Gasteiger charge is -2.11.